The zero-order chi connectivity index (χ0) is 18.8. The third-order valence-corrected chi connectivity index (χ3v) is 5.81. The lowest BCUT2D eigenvalue weighted by Gasteiger charge is -2.07. The van der Waals surface area contributed by atoms with Gasteiger partial charge in [0.1, 0.15) is 11.2 Å². The summed E-state index contributed by atoms with van der Waals surface area (Å²) in [5.41, 5.74) is 4.71. The van der Waals surface area contributed by atoms with Crippen LogP contribution < -0.4 is 11.0 Å². The molecule has 0 aliphatic rings. The van der Waals surface area contributed by atoms with E-state index in [0.29, 0.717) is 23.1 Å². The van der Waals surface area contributed by atoms with Crippen molar-refractivity contribution >= 4 is 38.4 Å². The van der Waals surface area contributed by atoms with Crippen molar-refractivity contribution in [1.29, 1.82) is 0 Å². The van der Waals surface area contributed by atoms with Crippen molar-refractivity contribution in [2.75, 3.05) is 5.43 Å². The highest BCUT2D eigenvalue weighted by molar-refractivity contribution is 7.18. The van der Waals surface area contributed by atoms with Gasteiger partial charge in [-0.2, -0.15) is 0 Å². The lowest BCUT2D eigenvalue weighted by molar-refractivity contribution is -0.117. The standard InChI is InChI=1S/C20H20N4O2S/c1-2-14-10-16-19(27-14)22-12-24(20(16)26)23-18(25)9-5-6-13-11-21-17-8-4-3-7-15(13)17/h3-4,7-8,10-12,21H,2,5-6,9H2,1H3,(H,23,25). The molecule has 7 heteroatoms. The summed E-state index contributed by atoms with van der Waals surface area (Å²) in [4.78, 5) is 34.1. The Morgan fingerprint density at radius 3 is 3.00 bits per heavy atom. The molecule has 0 saturated carbocycles. The number of benzene rings is 1. The number of para-hydroxylation sites is 1. The summed E-state index contributed by atoms with van der Waals surface area (Å²) >= 11 is 1.51. The number of hydrogen-bond donors (Lipinski definition) is 2. The minimum Gasteiger partial charge on any atom is -0.361 e. The molecule has 1 aromatic carbocycles. The fraction of sp³-hybridized carbons (Fsp3) is 0.250. The van der Waals surface area contributed by atoms with Crippen LogP contribution in [0.15, 0.2) is 47.7 Å². The number of carbonyl (C=O) groups excluding carboxylic acids is 1. The topological polar surface area (TPSA) is 79.8 Å². The van der Waals surface area contributed by atoms with Gasteiger partial charge in [0.15, 0.2) is 0 Å². The number of thiophene rings is 1. The molecule has 0 saturated heterocycles. The largest absolute Gasteiger partial charge is 0.361 e. The molecule has 0 spiro atoms. The van der Waals surface area contributed by atoms with Crippen LogP contribution in [0.3, 0.4) is 0 Å². The molecule has 1 amide bonds. The van der Waals surface area contributed by atoms with Crippen molar-refractivity contribution in [2.24, 2.45) is 0 Å². The molecule has 2 N–H and O–H groups in total. The van der Waals surface area contributed by atoms with Crippen molar-refractivity contribution in [3.63, 3.8) is 0 Å². The monoisotopic (exact) mass is 380 g/mol. The Labute approximate surface area is 159 Å². The van der Waals surface area contributed by atoms with E-state index in [9.17, 15) is 9.59 Å². The summed E-state index contributed by atoms with van der Waals surface area (Å²) < 4.78 is 1.18. The molecule has 0 aliphatic heterocycles. The van der Waals surface area contributed by atoms with E-state index < -0.39 is 0 Å². The maximum absolute atomic E-state index is 12.5. The van der Waals surface area contributed by atoms with E-state index >= 15 is 0 Å². The maximum Gasteiger partial charge on any atom is 0.280 e. The lowest BCUT2D eigenvalue weighted by Crippen LogP contribution is -2.32. The van der Waals surface area contributed by atoms with Gasteiger partial charge < -0.3 is 4.98 Å². The Hall–Kier alpha value is -2.93. The number of amides is 1. The molecule has 0 bridgehead atoms. The summed E-state index contributed by atoms with van der Waals surface area (Å²) in [5, 5.41) is 1.74. The average molecular weight is 380 g/mol. The van der Waals surface area contributed by atoms with Gasteiger partial charge in [-0.05, 0) is 37.0 Å². The second-order valence-electron chi connectivity index (χ2n) is 6.45. The van der Waals surface area contributed by atoms with Crippen LogP contribution in [0.4, 0.5) is 0 Å². The smallest absolute Gasteiger partial charge is 0.280 e. The Bertz CT molecular complexity index is 1170. The fourth-order valence-corrected chi connectivity index (χ4v) is 4.12. The number of hydrogen-bond acceptors (Lipinski definition) is 4. The second kappa shape index (κ2) is 7.36. The number of aromatic amines is 1. The number of carbonyl (C=O) groups is 1. The van der Waals surface area contributed by atoms with Crippen LogP contribution in [0.25, 0.3) is 21.1 Å². The van der Waals surface area contributed by atoms with Crippen LogP contribution >= 0.6 is 11.3 Å². The molecule has 27 heavy (non-hydrogen) atoms. The first kappa shape index (κ1) is 17.5. The van der Waals surface area contributed by atoms with E-state index in [2.05, 4.69) is 21.5 Å². The van der Waals surface area contributed by atoms with Crippen LogP contribution in [0.2, 0.25) is 0 Å². The molecule has 4 rings (SSSR count). The first-order chi connectivity index (χ1) is 13.2. The lowest BCUT2D eigenvalue weighted by atomic mass is 10.1. The maximum atomic E-state index is 12.5. The minimum absolute atomic E-state index is 0.191. The van der Waals surface area contributed by atoms with Crippen LogP contribution in [-0.4, -0.2) is 20.6 Å². The van der Waals surface area contributed by atoms with E-state index in [1.165, 1.54) is 33.3 Å². The molecule has 138 valence electrons. The molecule has 0 unspecified atom stereocenters. The third-order valence-electron chi connectivity index (χ3n) is 4.62. The number of nitrogens with one attached hydrogen (secondary N) is 2. The van der Waals surface area contributed by atoms with Crippen molar-refractivity contribution in [3.8, 4) is 0 Å². The van der Waals surface area contributed by atoms with Gasteiger partial charge in [-0.25, -0.2) is 9.66 Å². The zero-order valence-corrected chi connectivity index (χ0v) is 15.8. The highest BCUT2D eigenvalue weighted by Gasteiger charge is 2.11. The van der Waals surface area contributed by atoms with Gasteiger partial charge in [-0.1, -0.05) is 25.1 Å². The van der Waals surface area contributed by atoms with Crippen LogP contribution in [0.5, 0.6) is 0 Å². The van der Waals surface area contributed by atoms with Gasteiger partial charge in [0, 0.05) is 28.4 Å². The molecular formula is C20H20N4O2S. The normalized spacial score (nSPS) is 11.3. The first-order valence-electron chi connectivity index (χ1n) is 9.00. The van der Waals surface area contributed by atoms with E-state index in [1.807, 2.05) is 37.4 Å². The quantitative estimate of drug-likeness (QED) is 0.536. The molecule has 0 aliphatic carbocycles. The molecule has 0 fully saturated rings. The number of aromatic nitrogens is 3. The molecule has 3 aromatic heterocycles. The van der Waals surface area contributed by atoms with E-state index in [-0.39, 0.29) is 11.5 Å². The SMILES string of the molecule is CCc1cc2c(=O)n(NC(=O)CCCc3c[nH]c4ccccc34)cnc2s1. The second-order valence-corrected chi connectivity index (χ2v) is 7.57. The van der Waals surface area contributed by atoms with E-state index in [0.717, 1.165) is 23.2 Å². The summed E-state index contributed by atoms with van der Waals surface area (Å²) in [6.07, 6.45) is 6.09. The van der Waals surface area contributed by atoms with Gasteiger partial charge in [0.05, 0.1) is 5.39 Å². The molecule has 3 heterocycles. The van der Waals surface area contributed by atoms with Gasteiger partial charge >= 0.3 is 0 Å². The molecule has 0 atom stereocenters. The van der Waals surface area contributed by atoms with E-state index in [4.69, 9.17) is 0 Å². The number of nitrogens with zero attached hydrogens (tertiary/aromatic N) is 2. The molecule has 0 radical (unpaired) electrons. The summed E-state index contributed by atoms with van der Waals surface area (Å²) in [6, 6.07) is 9.98. The Morgan fingerprint density at radius 1 is 1.30 bits per heavy atom. The van der Waals surface area contributed by atoms with Crippen molar-refractivity contribution in [2.45, 2.75) is 32.6 Å². The Balaban J connectivity index is 1.40. The first-order valence-corrected chi connectivity index (χ1v) is 9.82. The van der Waals surface area contributed by atoms with Crippen molar-refractivity contribution in [1.82, 2.24) is 14.6 Å². The Kier molecular flexibility index (Phi) is 4.77. The summed E-state index contributed by atoms with van der Waals surface area (Å²) in [5.74, 6) is -0.191. The van der Waals surface area contributed by atoms with Gasteiger partial charge in [0.2, 0.25) is 5.91 Å². The van der Waals surface area contributed by atoms with Gasteiger partial charge in [0.25, 0.3) is 5.56 Å². The molecular weight excluding hydrogens is 360 g/mol. The van der Waals surface area contributed by atoms with Gasteiger partial charge in [-0.3, -0.25) is 15.0 Å². The highest BCUT2D eigenvalue weighted by Crippen LogP contribution is 2.21. The number of rotatable bonds is 6. The van der Waals surface area contributed by atoms with Crippen molar-refractivity contribution in [3.05, 3.63) is 63.7 Å². The molecule has 4 aromatic rings. The zero-order valence-electron chi connectivity index (χ0n) is 15.0. The highest BCUT2D eigenvalue weighted by atomic mass is 32.1. The Morgan fingerprint density at radius 2 is 2.15 bits per heavy atom. The number of fused-ring (bicyclic) bond motifs is 2. The summed E-state index contributed by atoms with van der Waals surface area (Å²) in [7, 11) is 0. The van der Waals surface area contributed by atoms with Crippen LogP contribution in [0, 0.1) is 0 Å². The number of aryl methyl sites for hydroxylation is 2. The van der Waals surface area contributed by atoms with Crippen LogP contribution in [0.1, 0.15) is 30.2 Å². The average Bonchev–Trinajstić information content (AvgIpc) is 3.29. The van der Waals surface area contributed by atoms with Gasteiger partial charge in [-0.15, -0.1) is 11.3 Å². The van der Waals surface area contributed by atoms with E-state index in [1.54, 1.807) is 0 Å². The minimum atomic E-state index is -0.235. The fourth-order valence-electron chi connectivity index (χ4n) is 3.19. The number of H-pyrrole nitrogens is 1. The summed E-state index contributed by atoms with van der Waals surface area (Å²) in [6.45, 7) is 2.04. The third kappa shape index (κ3) is 3.50. The predicted molar refractivity (Wildman–Crippen MR) is 109 cm³/mol. The van der Waals surface area contributed by atoms with Crippen LogP contribution in [-0.2, 0) is 17.6 Å². The predicted octanol–water partition coefficient (Wildman–Crippen LogP) is 3.59. The molecule has 6 nitrogen and oxygen atoms in total. The van der Waals surface area contributed by atoms with Crippen molar-refractivity contribution < 1.29 is 4.79 Å².